The molecule has 0 unspecified atom stereocenters. The molecule has 0 radical (unpaired) electrons. The first-order chi connectivity index (χ1) is 14.7. The highest BCUT2D eigenvalue weighted by Gasteiger charge is 2.40. The van der Waals surface area contributed by atoms with Gasteiger partial charge in [-0.15, -0.1) is 0 Å². The average Bonchev–Trinajstić information content (AvgIpc) is 2.77. The van der Waals surface area contributed by atoms with Crippen molar-refractivity contribution in [2.24, 2.45) is 0 Å². The minimum absolute atomic E-state index is 0.0146. The van der Waals surface area contributed by atoms with Gasteiger partial charge in [-0.05, 0) is 63.8 Å². The molecule has 1 aliphatic rings. The third kappa shape index (κ3) is 6.00. The molecular weight excluding hydrogens is 396 g/mol. The molecule has 0 amide bonds. The van der Waals surface area contributed by atoms with Crippen LogP contribution in [0.4, 0.5) is 0 Å². The van der Waals surface area contributed by atoms with Crippen LogP contribution < -0.4 is 4.74 Å². The second-order valence-electron chi connectivity index (χ2n) is 8.56. The molecule has 0 bridgehead atoms. The molecular formula is C25H30O6. The minimum Gasteiger partial charge on any atom is -0.491 e. The highest BCUT2D eigenvalue weighted by molar-refractivity contribution is 6.02. The molecule has 0 aliphatic heterocycles. The van der Waals surface area contributed by atoms with Crippen molar-refractivity contribution in [1.82, 2.24) is 0 Å². The van der Waals surface area contributed by atoms with Crippen LogP contribution >= 0.6 is 0 Å². The minimum atomic E-state index is -1.41. The molecule has 1 fully saturated rings. The van der Waals surface area contributed by atoms with E-state index in [9.17, 15) is 19.8 Å². The Bertz CT molecular complexity index is 874. The standard InChI is InChI=1S/C25H30O6/c1-24(2,28)22(26)19-8-10-20(11-9-19)30-16-17-31-21-12-14-25(29,15-13-21)23(27)18-6-4-3-5-7-18/h3-11,21,28-29H,12-17H2,1-2H3. The molecule has 0 aromatic heterocycles. The molecule has 2 aromatic rings. The van der Waals surface area contributed by atoms with Crippen LogP contribution in [0, 0.1) is 0 Å². The fourth-order valence-corrected chi connectivity index (χ4v) is 3.75. The van der Waals surface area contributed by atoms with E-state index in [1.54, 1.807) is 48.5 Å². The van der Waals surface area contributed by atoms with E-state index in [4.69, 9.17) is 9.47 Å². The molecule has 2 aromatic carbocycles. The molecule has 0 heterocycles. The topological polar surface area (TPSA) is 93.1 Å². The number of Topliss-reactive ketones (excluding diaryl/α,β-unsaturated/α-hetero) is 2. The first-order valence-corrected chi connectivity index (χ1v) is 10.6. The van der Waals surface area contributed by atoms with Crippen LogP contribution in [0.15, 0.2) is 54.6 Å². The number of hydrogen-bond acceptors (Lipinski definition) is 6. The number of aliphatic hydroxyl groups is 2. The van der Waals surface area contributed by atoms with Crippen LogP contribution in [-0.2, 0) is 4.74 Å². The predicted octanol–water partition coefficient (Wildman–Crippen LogP) is 3.59. The van der Waals surface area contributed by atoms with Crippen LogP contribution in [0.25, 0.3) is 0 Å². The molecule has 2 N–H and O–H groups in total. The Kier molecular flexibility index (Phi) is 7.26. The van der Waals surface area contributed by atoms with Gasteiger partial charge in [-0.25, -0.2) is 0 Å². The number of carbonyl (C=O) groups excluding carboxylic acids is 2. The summed E-state index contributed by atoms with van der Waals surface area (Å²) >= 11 is 0. The zero-order valence-corrected chi connectivity index (χ0v) is 18.0. The van der Waals surface area contributed by atoms with E-state index in [0.717, 1.165) is 0 Å². The quantitative estimate of drug-likeness (QED) is 0.470. The van der Waals surface area contributed by atoms with Gasteiger partial charge in [0.2, 0.25) is 0 Å². The van der Waals surface area contributed by atoms with Crippen molar-refractivity contribution >= 4 is 11.6 Å². The summed E-state index contributed by atoms with van der Waals surface area (Å²) in [7, 11) is 0. The molecule has 0 atom stereocenters. The van der Waals surface area contributed by atoms with Crippen LogP contribution in [-0.4, -0.2) is 52.3 Å². The monoisotopic (exact) mass is 426 g/mol. The molecule has 1 aliphatic carbocycles. The first-order valence-electron chi connectivity index (χ1n) is 10.6. The van der Waals surface area contributed by atoms with Gasteiger partial charge < -0.3 is 19.7 Å². The molecule has 6 heteroatoms. The Labute approximate surface area is 182 Å². The Morgan fingerprint density at radius 3 is 2.16 bits per heavy atom. The maximum absolute atomic E-state index is 12.6. The van der Waals surface area contributed by atoms with Gasteiger partial charge in [0.1, 0.15) is 23.6 Å². The van der Waals surface area contributed by atoms with Crippen molar-refractivity contribution in [2.45, 2.75) is 56.8 Å². The maximum Gasteiger partial charge on any atom is 0.194 e. The number of ether oxygens (including phenoxy) is 2. The lowest BCUT2D eigenvalue weighted by Crippen LogP contribution is -2.43. The van der Waals surface area contributed by atoms with Crippen molar-refractivity contribution in [3.8, 4) is 5.75 Å². The van der Waals surface area contributed by atoms with Crippen molar-refractivity contribution in [3.63, 3.8) is 0 Å². The van der Waals surface area contributed by atoms with E-state index in [1.807, 2.05) is 6.07 Å². The summed E-state index contributed by atoms with van der Waals surface area (Å²) in [6.45, 7) is 3.66. The smallest absolute Gasteiger partial charge is 0.194 e. The van der Waals surface area contributed by atoms with Crippen LogP contribution in [0.2, 0.25) is 0 Å². The Morgan fingerprint density at radius 1 is 0.968 bits per heavy atom. The Morgan fingerprint density at radius 2 is 1.58 bits per heavy atom. The highest BCUT2D eigenvalue weighted by Crippen LogP contribution is 2.32. The van der Waals surface area contributed by atoms with Gasteiger partial charge in [0, 0.05) is 11.1 Å². The Hall–Kier alpha value is -2.54. The van der Waals surface area contributed by atoms with E-state index in [1.165, 1.54) is 13.8 Å². The normalized spacial score (nSPS) is 21.5. The van der Waals surface area contributed by atoms with Crippen molar-refractivity contribution < 1.29 is 29.3 Å². The summed E-state index contributed by atoms with van der Waals surface area (Å²) in [5.74, 6) is 0.0501. The fraction of sp³-hybridized carbons (Fsp3) is 0.440. The highest BCUT2D eigenvalue weighted by atomic mass is 16.5. The van der Waals surface area contributed by atoms with E-state index in [0.29, 0.717) is 55.8 Å². The number of benzene rings is 2. The fourth-order valence-electron chi connectivity index (χ4n) is 3.75. The SMILES string of the molecule is CC(C)(O)C(=O)c1ccc(OCCOC2CCC(O)(C(=O)c3ccccc3)CC2)cc1. The van der Waals surface area contributed by atoms with Crippen LogP contribution in [0.5, 0.6) is 5.75 Å². The zero-order valence-electron chi connectivity index (χ0n) is 18.0. The van der Waals surface area contributed by atoms with E-state index in [2.05, 4.69) is 0 Å². The van der Waals surface area contributed by atoms with Crippen molar-refractivity contribution in [3.05, 3.63) is 65.7 Å². The van der Waals surface area contributed by atoms with E-state index in [-0.39, 0.29) is 17.7 Å². The summed E-state index contributed by atoms with van der Waals surface area (Å²) < 4.78 is 11.5. The van der Waals surface area contributed by atoms with Gasteiger partial charge in [0.05, 0.1) is 12.7 Å². The second kappa shape index (κ2) is 9.73. The lowest BCUT2D eigenvalue weighted by atomic mass is 9.78. The largest absolute Gasteiger partial charge is 0.491 e. The van der Waals surface area contributed by atoms with Gasteiger partial charge >= 0.3 is 0 Å². The maximum atomic E-state index is 12.6. The van der Waals surface area contributed by atoms with Gasteiger partial charge in [0.15, 0.2) is 11.6 Å². The summed E-state index contributed by atoms with van der Waals surface area (Å²) in [4.78, 5) is 24.7. The lowest BCUT2D eigenvalue weighted by Gasteiger charge is -2.34. The van der Waals surface area contributed by atoms with Gasteiger partial charge in [-0.2, -0.15) is 0 Å². The van der Waals surface area contributed by atoms with E-state index >= 15 is 0 Å². The molecule has 166 valence electrons. The first kappa shape index (κ1) is 23.1. The molecule has 6 nitrogen and oxygen atoms in total. The number of ketones is 2. The average molecular weight is 427 g/mol. The summed E-state index contributed by atoms with van der Waals surface area (Å²) in [6, 6.07) is 15.5. The predicted molar refractivity (Wildman–Crippen MR) is 116 cm³/mol. The zero-order chi connectivity index (χ0) is 22.5. The molecule has 3 rings (SSSR count). The lowest BCUT2D eigenvalue weighted by molar-refractivity contribution is -0.0447. The van der Waals surface area contributed by atoms with Gasteiger partial charge in [0.25, 0.3) is 0 Å². The Balaban J connectivity index is 1.40. The second-order valence-corrected chi connectivity index (χ2v) is 8.56. The summed E-state index contributed by atoms with van der Waals surface area (Å²) in [6.07, 6.45) is 1.97. The summed E-state index contributed by atoms with van der Waals surface area (Å²) in [5.41, 5.74) is -1.77. The number of rotatable bonds is 9. The third-order valence-electron chi connectivity index (χ3n) is 5.60. The van der Waals surface area contributed by atoms with E-state index < -0.39 is 11.2 Å². The summed E-state index contributed by atoms with van der Waals surface area (Å²) in [5, 5.41) is 20.6. The molecule has 31 heavy (non-hydrogen) atoms. The molecule has 0 spiro atoms. The van der Waals surface area contributed by atoms with Crippen molar-refractivity contribution in [1.29, 1.82) is 0 Å². The molecule has 1 saturated carbocycles. The van der Waals surface area contributed by atoms with Crippen molar-refractivity contribution in [2.75, 3.05) is 13.2 Å². The third-order valence-corrected chi connectivity index (χ3v) is 5.60. The molecule has 0 saturated heterocycles. The van der Waals surface area contributed by atoms with Crippen LogP contribution in [0.3, 0.4) is 0 Å². The van der Waals surface area contributed by atoms with Gasteiger partial charge in [-0.3, -0.25) is 9.59 Å². The number of hydrogen-bond donors (Lipinski definition) is 2. The number of carbonyl (C=O) groups is 2. The van der Waals surface area contributed by atoms with Gasteiger partial charge in [-0.1, -0.05) is 30.3 Å². The van der Waals surface area contributed by atoms with Crippen LogP contribution in [0.1, 0.15) is 60.2 Å².